The number of carbonyl (C=O) groups is 1. The van der Waals surface area contributed by atoms with Gasteiger partial charge in [0.2, 0.25) is 0 Å². The van der Waals surface area contributed by atoms with Gasteiger partial charge in [0.25, 0.3) is 5.91 Å². The zero-order valence-electron chi connectivity index (χ0n) is 13.5. The standard InChI is InChI=1S/C18H27NO2/c1-4-19(16-8-6-5-7-9-16)18(20)15(3)21-17-12-10-14(2)11-13-17/h10-13,15-16H,4-9H2,1-3H3. The highest BCUT2D eigenvalue weighted by atomic mass is 16.5. The number of hydrogen-bond acceptors (Lipinski definition) is 2. The second-order valence-corrected chi connectivity index (χ2v) is 5.99. The van der Waals surface area contributed by atoms with E-state index < -0.39 is 6.10 Å². The fourth-order valence-electron chi connectivity index (χ4n) is 3.09. The van der Waals surface area contributed by atoms with Gasteiger partial charge in [-0.1, -0.05) is 37.0 Å². The van der Waals surface area contributed by atoms with Crippen LogP contribution >= 0.6 is 0 Å². The van der Waals surface area contributed by atoms with E-state index in [1.165, 1.54) is 24.8 Å². The number of likely N-dealkylation sites (N-methyl/N-ethyl adjacent to an activating group) is 1. The van der Waals surface area contributed by atoms with Crippen LogP contribution in [0, 0.1) is 6.92 Å². The van der Waals surface area contributed by atoms with E-state index in [-0.39, 0.29) is 5.91 Å². The lowest BCUT2D eigenvalue weighted by Crippen LogP contribution is -2.47. The highest BCUT2D eigenvalue weighted by Crippen LogP contribution is 2.23. The Hall–Kier alpha value is -1.51. The van der Waals surface area contributed by atoms with Gasteiger partial charge in [-0.25, -0.2) is 0 Å². The van der Waals surface area contributed by atoms with Crippen LogP contribution in [0.1, 0.15) is 51.5 Å². The largest absolute Gasteiger partial charge is 0.481 e. The molecule has 3 nitrogen and oxygen atoms in total. The third kappa shape index (κ3) is 4.23. The number of nitrogens with zero attached hydrogens (tertiary/aromatic N) is 1. The molecule has 1 fully saturated rings. The number of hydrogen-bond donors (Lipinski definition) is 0. The third-order valence-corrected chi connectivity index (χ3v) is 4.32. The van der Waals surface area contributed by atoms with Crippen LogP contribution in [-0.2, 0) is 4.79 Å². The average Bonchev–Trinajstić information content (AvgIpc) is 2.51. The van der Waals surface area contributed by atoms with Crippen LogP contribution in [0.25, 0.3) is 0 Å². The summed E-state index contributed by atoms with van der Waals surface area (Å²) in [6.07, 6.45) is 5.63. The van der Waals surface area contributed by atoms with Crippen molar-refractivity contribution in [3.8, 4) is 5.75 Å². The third-order valence-electron chi connectivity index (χ3n) is 4.32. The van der Waals surface area contributed by atoms with Gasteiger partial charge in [0.15, 0.2) is 6.10 Å². The molecular weight excluding hydrogens is 262 g/mol. The molecule has 3 heteroatoms. The molecule has 1 aromatic carbocycles. The smallest absolute Gasteiger partial charge is 0.263 e. The minimum atomic E-state index is -0.422. The molecule has 21 heavy (non-hydrogen) atoms. The Morgan fingerprint density at radius 2 is 1.86 bits per heavy atom. The van der Waals surface area contributed by atoms with Crippen LogP contribution < -0.4 is 4.74 Å². The molecular formula is C18H27NO2. The summed E-state index contributed by atoms with van der Waals surface area (Å²) >= 11 is 0. The molecule has 0 spiro atoms. The van der Waals surface area contributed by atoms with Crippen molar-refractivity contribution in [1.29, 1.82) is 0 Å². The molecule has 1 atom stereocenters. The van der Waals surface area contributed by atoms with Crippen LogP contribution in [0.4, 0.5) is 0 Å². The molecule has 0 aliphatic heterocycles. The summed E-state index contributed by atoms with van der Waals surface area (Å²) in [6.45, 7) is 6.73. The first-order valence-corrected chi connectivity index (χ1v) is 8.15. The molecule has 116 valence electrons. The fourth-order valence-corrected chi connectivity index (χ4v) is 3.09. The van der Waals surface area contributed by atoms with Crippen molar-refractivity contribution in [2.45, 2.75) is 65.0 Å². The van der Waals surface area contributed by atoms with Gasteiger partial charge in [-0.15, -0.1) is 0 Å². The topological polar surface area (TPSA) is 29.5 Å². The maximum absolute atomic E-state index is 12.6. The zero-order valence-corrected chi connectivity index (χ0v) is 13.5. The molecule has 1 amide bonds. The zero-order chi connectivity index (χ0) is 15.2. The Morgan fingerprint density at radius 3 is 2.43 bits per heavy atom. The molecule has 0 radical (unpaired) electrons. The first kappa shape index (κ1) is 15.9. The second-order valence-electron chi connectivity index (χ2n) is 5.99. The van der Waals surface area contributed by atoms with Gasteiger partial charge in [-0.3, -0.25) is 4.79 Å². The van der Waals surface area contributed by atoms with Crippen molar-refractivity contribution >= 4 is 5.91 Å². The first-order chi connectivity index (χ1) is 10.1. The molecule has 0 N–H and O–H groups in total. The number of rotatable bonds is 5. The highest BCUT2D eigenvalue weighted by molar-refractivity contribution is 5.81. The SMILES string of the molecule is CCN(C(=O)C(C)Oc1ccc(C)cc1)C1CCCCC1. The predicted molar refractivity (Wildman–Crippen MR) is 85.5 cm³/mol. The molecule has 1 aromatic rings. The van der Waals surface area contributed by atoms with E-state index in [1.807, 2.05) is 43.0 Å². The molecule has 0 bridgehead atoms. The lowest BCUT2D eigenvalue weighted by Gasteiger charge is -2.35. The molecule has 2 rings (SSSR count). The molecule has 1 aliphatic rings. The van der Waals surface area contributed by atoms with Gasteiger partial charge in [0, 0.05) is 12.6 Å². The molecule has 0 heterocycles. The summed E-state index contributed by atoms with van der Waals surface area (Å²) in [5.41, 5.74) is 1.19. The van der Waals surface area contributed by atoms with Gasteiger partial charge >= 0.3 is 0 Å². The Morgan fingerprint density at radius 1 is 1.24 bits per heavy atom. The molecule has 0 aromatic heterocycles. The fraction of sp³-hybridized carbons (Fsp3) is 0.611. The molecule has 1 aliphatic carbocycles. The maximum atomic E-state index is 12.6. The minimum Gasteiger partial charge on any atom is -0.481 e. The van der Waals surface area contributed by atoms with Gasteiger partial charge < -0.3 is 9.64 Å². The van der Waals surface area contributed by atoms with E-state index in [1.54, 1.807) is 0 Å². The van der Waals surface area contributed by atoms with Gasteiger partial charge in [-0.2, -0.15) is 0 Å². The van der Waals surface area contributed by atoms with Crippen LogP contribution in [-0.4, -0.2) is 29.5 Å². The van der Waals surface area contributed by atoms with Crippen molar-refractivity contribution in [2.24, 2.45) is 0 Å². The molecule has 0 saturated heterocycles. The average molecular weight is 289 g/mol. The predicted octanol–water partition coefficient (Wildman–Crippen LogP) is 3.94. The van der Waals surface area contributed by atoms with Crippen molar-refractivity contribution in [1.82, 2.24) is 4.90 Å². The van der Waals surface area contributed by atoms with E-state index >= 15 is 0 Å². The van der Waals surface area contributed by atoms with Crippen LogP contribution in [0.2, 0.25) is 0 Å². The Balaban J connectivity index is 1.97. The van der Waals surface area contributed by atoms with Gasteiger partial charge in [0.05, 0.1) is 0 Å². The number of ether oxygens (including phenoxy) is 1. The first-order valence-electron chi connectivity index (χ1n) is 8.15. The number of aryl methyl sites for hydroxylation is 1. The highest BCUT2D eigenvalue weighted by Gasteiger charge is 2.28. The van der Waals surface area contributed by atoms with E-state index in [0.717, 1.165) is 25.1 Å². The number of carbonyl (C=O) groups excluding carboxylic acids is 1. The summed E-state index contributed by atoms with van der Waals surface area (Å²) in [7, 11) is 0. The van der Waals surface area contributed by atoms with Gasteiger partial charge in [0.1, 0.15) is 5.75 Å². The lowest BCUT2D eigenvalue weighted by molar-refractivity contribution is -0.140. The van der Waals surface area contributed by atoms with Crippen molar-refractivity contribution in [2.75, 3.05) is 6.54 Å². The quantitative estimate of drug-likeness (QED) is 0.821. The van der Waals surface area contributed by atoms with Crippen molar-refractivity contribution < 1.29 is 9.53 Å². The normalized spacial score (nSPS) is 17.3. The Kier molecular flexibility index (Phi) is 5.66. The Bertz CT molecular complexity index is 449. The number of amides is 1. The van der Waals surface area contributed by atoms with Crippen LogP contribution in [0.15, 0.2) is 24.3 Å². The summed E-state index contributed by atoms with van der Waals surface area (Å²) in [4.78, 5) is 14.7. The van der Waals surface area contributed by atoms with E-state index in [0.29, 0.717) is 6.04 Å². The van der Waals surface area contributed by atoms with E-state index in [4.69, 9.17) is 4.74 Å². The van der Waals surface area contributed by atoms with E-state index in [9.17, 15) is 4.79 Å². The molecule has 1 unspecified atom stereocenters. The summed E-state index contributed by atoms with van der Waals surface area (Å²) < 4.78 is 5.81. The molecule has 1 saturated carbocycles. The summed E-state index contributed by atoms with van der Waals surface area (Å²) in [5.74, 6) is 0.881. The van der Waals surface area contributed by atoms with E-state index in [2.05, 4.69) is 6.92 Å². The maximum Gasteiger partial charge on any atom is 0.263 e. The van der Waals surface area contributed by atoms with Crippen molar-refractivity contribution in [3.05, 3.63) is 29.8 Å². The van der Waals surface area contributed by atoms with Crippen LogP contribution in [0.5, 0.6) is 5.75 Å². The van der Waals surface area contributed by atoms with Gasteiger partial charge in [-0.05, 0) is 45.7 Å². The van der Waals surface area contributed by atoms with Crippen molar-refractivity contribution in [3.63, 3.8) is 0 Å². The minimum absolute atomic E-state index is 0.116. The Labute approximate surface area is 128 Å². The monoisotopic (exact) mass is 289 g/mol. The number of benzene rings is 1. The summed E-state index contributed by atoms with van der Waals surface area (Å²) in [6, 6.07) is 8.27. The lowest BCUT2D eigenvalue weighted by atomic mass is 9.94. The summed E-state index contributed by atoms with van der Waals surface area (Å²) in [5, 5.41) is 0. The van der Waals surface area contributed by atoms with Crippen LogP contribution in [0.3, 0.4) is 0 Å². The second kappa shape index (κ2) is 7.48.